The molecule has 1 saturated carbocycles. The summed E-state index contributed by atoms with van der Waals surface area (Å²) >= 11 is 0. The summed E-state index contributed by atoms with van der Waals surface area (Å²) in [6.07, 6.45) is 3.14. The average Bonchev–Trinajstić information content (AvgIpc) is 2.45. The molecule has 2 rings (SSSR count). The molecule has 2 aliphatic rings. The Kier molecular flexibility index (Phi) is 7.01. The minimum atomic E-state index is -0.464. The van der Waals surface area contributed by atoms with Gasteiger partial charge in [-0.3, -0.25) is 9.59 Å². The average molecular weight is 343 g/mol. The Morgan fingerprint density at radius 2 is 1.96 bits per heavy atom. The molecule has 24 heavy (non-hydrogen) atoms. The monoisotopic (exact) mass is 343 g/mol. The fourth-order valence-corrected chi connectivity index (χ4v) is 2.71. The summed E-state index contributed by atoms with van der Waals surface area (Å²) in [6, 6.07) is 0.138. The largest absolute Gasteiger partial charge is 0.444 e. The van der Waals surface area contributed by atoms with E-state index in [1.165, 1.54) is 0 Å². The van der Waals surface area contributed by atoms with Gasteiger partial charge in [0.25, 0.3) is 0 Å². The summed E-state index contributed by atoms with van der Waals surface area (Å²) in [5, 5.41) is 13.6. The number of aliphatic hydroxyl groups is 1. The van der Waals surface area contributed by atoms with E-state index in [1.807, 2.05) is 20.8 Å². The van der Waals surface area contributed by atoms with Crippen LogP contribution >= 0.6 is 0 Å². The second kappa shape index (κ2) is 8.32. The molecule has 0 radical (unpaired) electrons. The number of hydrogen-bond donors (Lipinski definition) is 4. The van der Waals surface area contributed by atoms with Crippen LogP contribution in [0.25, 0.3) is 0 Å². The summed E-state index contributed by atoms with van der Waals surface area (Å²) in [4.78, 5) is 32.8. The molecule has 8 nitrogen and oxygen atoms in total. The number of amides is 3. The smallest absolute Gasteiger partial charge is 0.407 e. The van der Waals surface area contributed by atoms with Crippen LogP contribution in [0.5, 0.6) is 0 Å². The Balaban J connectivity index is 0.000000413. The van der Waals surface area contributed by atoms with Gasteiger partial charge >= 0.3 is 6.09 Å². The van der Waals surface area contributed by atoms with Crippen LogP contribution in [0.1, 0.15) is 52.9 Å². The van der Waals surface area contributed by atoms with Crippen LogP contribution in [-0.2, 0) is 14.3 Å². The quantitative estimate of drug-likeness (QED) is 0.552. The third kappa shape index (κ3) is 6.35. The highest BCUT2D eigenvalue weighted by Crippen LogP contribution is 2.40. The molecule has 1 saturated heterocycles. The molecule has 1 aliphatic heterocycles. The van der Waals surface area contributed by atoms with Gasteiger partial charge in [0.15, 0.2) is 0 Å². The van der Waals surface area contributed by atoms with E-state index in [0.29, 0.717) is 0 Å². The van der Waals surface area contributed by atoms with Crippen LogP contribution in [0.2, 0.25) is 0 Å². The molecule has 1 spiro atoms. The molecule has 5 N–H and O–H groups in total. The maximum atomic E-state index is 11.6. The number of rotatable bonds is 3. The zero-order valence-corrected chi connectivity index (χ0v) is 14.7. The van der Waals surface area contributed by atoms with Crippen molar-refractivity contribution in [2.24, 2.45) is 11.1 Å². The number of primary amides is 1. The molecule has 138 valence electrons. The van der Waals surface area contributed by atoms with Crippen molar-refractivity contribution in [1.82, 2.24) is 10.6 Å². The molecule has 2 fully saturated rings. The van der Waals surface area contributed by atoms with Gasteiger partial charge in [-0.2, -0.15) is 0 Å². The number of hydrogen-bond acceptors (Lipinski definition) is 5. The Morgan fingerprint density at radius 1 is 1.38 bits per heavy atom. The van der Waals surface area contributed by atoms with Gasteiger partial charge in [0.05, 0.1) is 12.0 Å². The van der Waals surface area contributed by atoms with Gasteiger partial charge in [-0.05, 0) is 46.5 Å². The van der Waals surface area contributed by atoms with E-state index in [-0.39, 0.29) is 36.5 Å². The number of nitrogens with one attached hydrogen (secondary N) is 2. The van der Waals surface area contributed by atoms with Gasteiger partial charge in [-0.25, -0.2) is 4.79 Å². The van der Waals surface area contributed by atoms with E-state index in [9.17, 15) is 14.4 Å². The first kappa shape index (κ1) is 20.2. The lowest BCUT2D eigenvalue weighted by Crippen LogP contribution is -2.61. The van der Waals surface area contributed by atoms with Crippen molar-refractivity contribution >= 4 is 17.9 Å². The Labute approximate surface area is 142 Å². The van der Waals surface area contributed by atoms with Gasteiger partial charge in [0.2, 0.25) is 11.8 Å². The van der Waals surface area contributed by atoms with Crippen molar-refractivity contribution in [3.8, 4) is 0 Å². The Bertz CT molecular complexity index is 465. The van der Waals surface area contributed by atoms with Gasteiger partial charge in [0.1, 0.15) is 5.60 Å². The van der Waals surface area contributed by atoms with Crippen molar-refractivity contribution in [2.75, 3.05) is 13.2 Å². The normalized spacial score (nSPS) is 25.7. The molecular weight excluding hydrogens is 314 g/mol. The van der Waals surface area contributed by atoms with Gasteiger partial charge in [0, 0.05) is 19.0 Å². The molecule has 0 aromatic carbocycles. The van der Waals surface area contributed by atoms with Crippen molar-refractivity contribution in [2.45, 2.75) is 64.5 Å². The number of aliphatic hydroxyl groups excluding tert-OH is 1. The number of ether oxygens (including phenoxy) is 1. The van der Waals surface area contributed by atoms with Crippen molar-refractivity contribution in [1.29, 1.82) is 0 Å². The highest BCUT2D eigenvalue weighted by molar-refractivity contribution is 5.88. The summed E-state index contributed by atoms with van der Waals surface area (Å²) in [6.45, 7) is 6.20. The van der Waals surface area contributed by atoms with E-state index in [0.717, 1.165) is 32.2 Å². The number of carbonyl (C=O) groups excluding carboxylic acids is 3. The minimum Gasteiger partial charge on any atom is -0.444 e. The van der Waals surface area contributed by atoms with E-state index in [4.69, 9.17) is 9.84 Å². The third-order valence-corrected chi connectivity index (χ3v) is 4.09. The second-order valence-electron chi connectivity index (χ2n) is 7.32. The summed E-state index contributed by atoms with van der Waals surface area (Å²) < 4.78 is 5.22. The first-order valence-corrected chi connectivity index (χ1v) is 8.25. The van der Waals surface area contributed by atoms with Gasteiger partial charge in [-0.15, -0.1) is 0 Å². The number of alkyl carbamates (subject to hydrolysis) is 1. The van der Waals surface area contributed by atoms with Crippen molar-refractivity contribution in [3.63, 3.8) is 0 Å². The maximum absolute atomic E-state index is 11.6. The van der Waals surface area contributed by atoms with E-state index in [2.05, 4.69) is 16.4 Å². The molecule has 1 aliphatic carbocycles. The second-order valence-corrected chi connectivity index (χ2v) is 7.32. The fraction of sp³-hybridized carbons (Fsp3) is 0.812. The van der Waals surface area contributed by atoms with Crippen LogP contribution in [0.15, 0.2) is 0 Å². The molecule has 0 aromatic rings. The molecule has 0 atom stereocenters. The predicted octanol–water partition coefficient (Wildman–Crippen LogP) is 0.424. The molecule has 0 unspecified atom stereocenters. The zero-order chi connectivity index (χ0) is 18.4. The SMILES string of the molecule is CC(C)(C)OC(=O)NC1CCC2(CC1)CNC2=O.NC(=O)CCO. The number of β-lactam (4-membered cyclic amide) rings is 1. The fourth-order valence-electron chi connectivity index (χ4n) is 2.71. The lowest BCUT2D eigenvalue weighted by Gasteiger charge is -2.45. The summed E-state index contributed by atoms with van der Waals surface area (Å²) in [5.74, 6) is -0.282. The minimum absolute atomic E-state index is 0.0694. The molecule has 0 bridgehead atoms. The highest BCUT2D eigenvalue weighted by atomic mass is 16.6. The van der Waals surface area contributed by atoms with E-state index in [1.54, 1.807) is 0 Å². The molecule has 1 heterocycles. The summed E-state index contributed by atoms with van der Waals surface area (Å²) in [5.41, 5.74) is 4.01. The van der Waals surface area contributed by atoms with Crippen molar-refractivity contribution < 1.29 is 24.2 Å². The lowest BCUT2D eigenvalue weighted by molar-refractivity contribution is -0.142. The lowest BCUT2D eigenvalue weighted by atomic mass is 9.68. The van der Waals surface area contributed by atoms with Crippen LogP contribution in [0, 0.1) is 5.41 Å². The molecule has 0 aromatic heterocycles. The van der Waals surface area contributed by atoms with E-state index >= 15 is 0 Å². The van der Waals surface area contributed by atoms with Crippen molar-refractivity contribution in [3.05, 3.63) is 0 Å². The Morgan fingerprint density at radius 3 is 2.25 bits per heavy atom. The van der Waals surface area contributed by atoms with Crippen LogP contribution in [0.3, 0.4) is 0 Å². The Hall–Kier alpha value is -1.83. The number of carbonyl (C=O) groups is 3. The standard InChI is InChI=1S/C13H22N2O3.C3H7NO2/c1-12(2,3)18-11(17)15-9-4-6-13(7-5-9)8-14-10(13)16;4-3(6)1-2-5/h9H,4-8H2,1-3H3,(H,14,16)(H,15,17);5H,1-2H2,(H2,4,6). The first-order valence-electron chi connectivity index (χ1n) is 8.25. The van der Waals surface area contributed by atoms with Crippen LogP contribution < -0.4 is 16.4 Å². The molecule has 8 heteroatoms. The van der Waals surface area contributed by atoms with E-state index < -0.39 is 11.5 Å². The first-order chi connectivity index (χ1) is 11.1. The summed E-state index contributed by atoms with van der Waals surface area (Å²) in [7, 11) is 0. The van der Waals surface area contributed by atoms with Gasteiger partial charge < -0.3 is 26.2 Å². The highest BCUT2D eigenvalue weighted by Gasteiger charge is 2.48. The van der Waals surface area contributed by atoms with Crippen LogP contribution in [-0.4, -0.2) is 47.8 Å². The predicted molar refractivity (Wildman–Crippen MR) is 88.0 cm³/mol. The molecule has 3 amide bonds. The third-order valence-electron chi connectivity index (χ3n) is 4.09. The number of nitrogens with two attached hydrogens (primary N) is 1. The topological polar surface area (TPSA) is 131 Å². The molecular formula is C16H29N3O5. The maximum Gasteiger partial charge on any atom is 0.407 e. The zero-order valence-electron chi connectivity index (χ0n) is 14.7. The van der Waals surface area contributed by atoms with Crippen LogP contribution in [0.4, 0.5) is 4.79 Å². The van der Waals surface area contributed by atoms with Gasteiger partial charge in [-0.1, -0.05) is 0 Å².